The summed E-state index contributed by atoms with van der Waals surface area (Å²) in [7, 11) is 0. The number of carbonyl (C=O) groups is 2. The Morgan fingerprint density at radius 2 is 1.62 bits per heavy atom. The fraction of sp³-hybridized carbons (Fsp3) is 0.667. The summed E-state index contributed by atoms with van der Waals surface area (Å²) in [5.74, 6) is 2.56. The van der Waals surface area contributed by atoms with Crippen molar-refractivity contribution in [2.45, 2.75) is 76.9 Å². The lowest BCUT2D eigenvalue weighted by Gasteiger charge is -2.57. The Labute approximate surface area is 173 Å². The quantitative estimate of drug-likeness (QED) is 0.698. The van der Waals surface area contributed by atoms with Crippen LogP contribution in [0.25, 0.3) is 0 Å². The molecule has 0 unspecified atom stereocenters. The fourth-order valence-electron chi connectivity index (χ4n) is 6.14. The number of carbonyl (C=O) groups excluding carboxylic acids is 2. The summed E-state index contributed by atoms with van der Waals surface area (Å²) in [5.41, 5.74) is 0.979. The maximum absolute atomic E-state index is 12.8. The zero-order valence-corrected chi connectivity index (χ0v) is 17.8. The van der Waals surface area contributed by atoms with E-state index in [0.717, 1.165) is 42.6 Å². The molecule has 1 aromatic carbocycles. The first-order valence-corrected chi connectivity index (χ1v) is 11.1. The van der Waals surface area contributed by atoms with Crippen LogP contribution in [0.4, 0.5) is 0 Å². The molecule has 4 aliphatic carbocycles. The van der Waals surface area contributed by atoms with Gasteiger partial charge in [-0.25, -0.2) is 4.79 Å². The predicted octanol–water partition coefficient (Wildman–Crippen LogP) is 4.21. The number of hydrogen-bond donors (Lipinski definition) is 1. The third-order valence-electron chi connectivity index (χ3n) is 6.99. The summed E-state index contributed by atoms with van der Waals surface area (Å²) in [6.07, 6.45) is 6.43. The molecule has 1 amide bonds. The first-order valence-electron chi connectivity index (χ1n) is 11.1. The van der Waals surface area contributed by atoms with Crippen molar-refractivity contribution in [2.24, 2.45) is 17.8 Å². The first-order chi connectivity index (χ1) is 13.8. The average molecular weight is 400 g/mol. The molecule has 4 bridgehead atoms. The van der Waals surface area contributed by atoms with Gasteiger partial charge in [-0.1, -0.05) is 32.0 Å². The van der Waals surface area contributed by atoms with Crippen LogP contribution in [0.15, 0.2) is 24.3 Å². The highest BCUT2D eigenvalue weighted by atomic mass is 16.6. The average Bonchev–Trinajstić information content (AvgIpc) is 2.65. The summed E-state index contributed by atoms with van der Waals surface area (Å²) in [4.78, 5) is 25.0. The van der Waals surface area contributed by atoms with E-state index in [4.69, 9.17) is 9.47 Å². The molecule has 4 saturated carbocycles. The van der Waals surface area contributed by atoms with E-state index in [1.807, 2.05) is 24.3 Å². The lowest BCUT2D eigenvalue weighted by atomic mass is 9.53. The molecule has 5 rings (SSSR count). The van der Waals surface area contributed by atoms with Gasteiger partial charge in [0.05, 0.1) is 0 Å². The highest BCUT2D eigenvalue weighted by Gasteiger charge is 2.51. The number of benzene rings is 1. The lowest BCUT2D eigenvalue weighted by molar-refractivity contribution is -0.158. The summed E-state index contributed by atoms with van der Waals surface area (Å²) >= 11 is 0. The van der Waals surface area contributed by atoms with Crippen molar-refractivity contribution in [3.63, 3.8) is 0 Å². The van der Waals surface area contributed by atoms with Crippen molar-refractivity contribution < 1.29 is 19.1 Å². The van der Waals surface area contributed by atoms with E-state index in [1.54, 1.807) is 6.92 Å². The normalized spacial score (nSPS) is 30.8. The third-order valence-corrected chi connectivity index (χ3v) is 6.99. The Morgan fingerprint density at radius 1 is 1.03 bits per heavy atom. The van der Waals surface area contributed by atoms with Crippen LogP contribution < -0.4 is 10.1 Å². The summed E-state index contributed by atoms with van der Waals surface area (Å²) in [6, 6.07) is 7.68. The standard InChI is InChI=1S/C24H33NO4/c1-15(2)20-6-4-5-7-21(20)28-14-22(26)29-16(3)23(27)25-24-11-17-8-18(12-24)10-19(9-17)13-24/h4-7,15-19H,8-14H2,1-3H3,(H,25,27)/t16-,17?,18?,19?,24?/m0/s1. The molecule has 0 heterocycles. The fourth-order valence-corrected chi connectivity index (χ4v) is 6.14. The van der Waals surface area contributed by atoms with Crippen molar-refractivity contribution in [3.8, 4) is 5.75 Å². The van der Waals surface area contributed by atoms with Gasteiger partial charge < -0.3 is 14.8 Å². The smallest absolute Gasteiger partial charge is 0.344 e. The van der Waals surface area contributed by atoms with Crippen LogP contribution in [-0.2, 0) is 14.3 Å². The first kappa shape index (κ1) is 20.2. The van der Waals surface area contributed by atoms with Gasteiger partial charge in [0, 0.05) is 5.54 Å². The van der Waals surface area contributed by atoms with Gasteiger partial charge in [-0.3, -0.25) is 4.79 Å². The Hall–Kier alpha value is -2.04. The molecule has 1 atom stereocenters. The second kappa shape index (κ2) is 8.00. The SMILES string of the molecule is CC(C)c1ccccc1OCC(=O)O[C@@H](C)C(=O)NC12CC3CC(CC(C3)C1)C2. The number of amides is 1. The van der Waals surface area contributed by atoms with Gasteiger partial charge in [0.15, 0.2) is 12.7 Å². The van der Waals surface area contributed by atoms with E-state index in [9.17, 15) is 9.59 Å². The molecule has 0 aliphatic heterocycles. The van der Waals surface area contributed by atoms with E-state index in [2.05, 4.69) is 19.2 Å². The van der Waals surface area contributed by atoms with Crippen LogP contribution in [0.5, 0.6) is 5.75 Å². The summed E-state index contributed by atoms with van der Waals surface area (Å²) < 4.78 is 11.0. The molecular weight excluding hydrogens is 366 g/mol. The number of para-hydroxylation sites is 1. The highest BCUT2D eigenvalue weighted by Crippen LogP contribution is 2.55. The molecule has 0 saturated heterocycles. The number of esters is 1. The maximum Gasteiger partial charge on any atom is 0.344 e. The number of rotatable bonds is 7. The zero-order valence-electron chi connectivity index (χ0n) is 17.8. The molecule has 1 aromatic rings. The van der Waals surface area contributed by atoms with Crippen LogP contribution in [0.1, 0.15) is 70.8 Å². The minimum atomic E-state index is -0.806. The van der Waals surface area contributed by atoms with Crippen molar-refractivity contribution in [2.75, 3.05) is 6.61 Å². The van der Waals surface area contributed by atoms with Crippen molar-refractivity contribution in [3.05, 3.63) is 29.8 Å². The van der Waals surface area contributed by atoms with E-state index in [0.29, 0.717) is 11.7 Å². The van der Waals surface area contributed by atoms with Gasteiger partial charge in [-0.2, -0.15) is 0 Å². The van der Waals surface area contributed by atoms with Crippen molar-refractivity contribution in [1.29, 1.82) is 0 Å². The highest BCUT2D eigenvalue weighted by molar-refractivity contribution is 5.84. The largest absolute Gasteiger partial charge is 0.482 e. The van der Waals surface area contributed by atoms with Gasteiger partial charge in [-0.05, 0) is 80.8 Å². The van der Waals surface area contributed by atoms with E-state index in [-0.39, 0.29) is 18.1 Å². The van der Waals surface area contributed by atoms with Gasteiger partial charge in [0.25, 0.3) is 5.91 Å². The van der Waals surface area contributed by atoms with Gasteiger partial charge in [0.2, 0.25) is 0 Å². The second-order valence-electron chi connectivity index (χ2n) is 9.80. The molecule has 5 nitrogen and oxygen atoms in total. The molecule has 29 heavy (non-hydrogen) atoms. The lowest BCUT2D eigenvalue weighted by Crippen LogP contribution is -2.61. The number of ether oxygens (including phenoxy) is 2. The molecule has 5 heteroatoms. The van der Waals surface area contributed by atoms with E-state index >= 15 is 0 Å². The Morgan fingerprint density at radius 3 is 2.21 bits per heavy atom. The number of nitrogens with one attached hydrogen (secondary N) is 1. The monoisotopic (exact) mass is 399 g/mol. The topological polar surface area (TPSA) is 64.6 Å². The molecule has 4 aliphatic rings. The van der Waals surface area contributed by atoms with Gasteiger partial charge in [0.1, 0.15) is 5.75 Å². The molecule has 0 radical (unpaired) electrons. The van der Waals surface area contributed by atoms with Gasteiger partial charge >= 0.3 is 5.97 Å². The second-order valence-corrected chi connectivity index (χ2v) is 9.80. The minimum Gasteiger partial charge on any atom is -0.482 e. The Kier molecular flexibility index (Phi) is 5.58. The molecule has 4 fully saturated rings. The number of hydrogen-bond acceptors (Lipinski definition) is 4. The van der Waals surface area contributed by atoms with E-state index in [1.165, 1.54) is 19.3 Å². The summed E-state index contributed by atoms with van der Waals surface area (Å²) in [5, 5.41) is 3.27. The molecule has 158 valence electrons. The van der Waals surface area contributed by atoms with Gasteiger partial charge in [-0.15, -0.1) is 0 Å². The van der Waals surface area contributed by atoms with Crippen LogP contribution in [0.2, 0.25) is 0 Å². The van der Waals surface area contributed by atoms with Crippen molar-refractivity contribution >= 4 is 11.9 Å². The van der Waals surface area contributed by atoms with Crippen LogP contribution in [0.3, 0.4) is 0 Å². The predicted molar refractivity (Wildman–Crippen MR) is 111 cm³/mol. The van der Waals surface area contributed by atoms with E-state index < -0.39 is 12.1 Å². The van der Waals surface area contributed by atoms with Crippen LogP contribution in [-0.4, -0.2) is 30.1 Å². The van der Waals surface area contributed by atoms with Crippen LogP contribution >= 0.6 is 0 Å². The minimum absolute atomic E-state index is 0.0702. The zero-order chi connectivity index (χ0) is 20.6. The summed E-state index contributed by atoms with van der Waals surface area (Å²) in [6.45, 7) is 5.61. The Balaban J connectivity index is 1.28. The Bertz CT molecular complexity index is 737. The molecular formula is C24H33NO4. The molecule has 0 spiro atoms. The molecule has 1 N–H and O–H groups in total. The maximum atomic E-state index is 12.8. The molecule has 0 aromatic heterocycles. The van der Waals surface area contributed by atoms with Crippen molar-refractivity contribution in [1.82, 2.24) is 5.32 Å². The van der Waals surface area contributed by atoms with Crippen LogP contribution in [0, 0.1) is 17.8 Å². The third kappa shape index (κ3) is 4.44.